The van der Waals surface area contributed by atoms with Crippen LogP contribution in [-0.2, 0) is 33.2 Å². The summed E-state index contributed by atoms with van der Waals surface area (Å²) in [6, 6.07) is -1.05. The lowest BCUT2D eigenvalue weighted by atomic mass is 9.95. The predicted molar refractivity (Wildman–Crippen MR) is 137 cm³/mol. The van der Waals surface area contributed by atoms with E-state index in [1.807, 2.05) is 0 Å². The Labute approximate surface area is 238 Å². The second-order valence-electron chi connectivity index (χ2n) is 11.5. The minimum atomic E-state index is -1.71. The van der Waals surface area contributed by atoms with Gasteiger partial charge in [-0.3, -0.25) is 4.79 Å². The van der Waals surface area contributed by atoms with E-state index in [0.717, 1.165) is 0 Å². The maximum Gasteiger partial charge on any atom is 0.223 e. The molecule has 0 bridgehead atoms. The van der Waals surface area contributed by atoms with Crippen LogP contribution in [0.2, 0.25) is 0 Å². The molecule has 15 atom stereocenters. The first kappa shape index (κ1) is 34.4. The predicted octanol–water partition coefficient (Wildman–Crippen LogP) is -4.22. The lowest BCUT2D eigenvalue weighted by Crippen LogP contribution is -2.67. The minimum absolute atomic E-state index is 0.0664. The van der Waals surface area contributed by atoms with Crippen LogP contribution in [0.3, 0.4) is 0 Å². The smallest absolute Gasteiger partial charge is 0.223 e. The summed E-state index contributed by atoms with van der Waals surface area (Å²) in [5, 5.41) is 77.0. The molecule has 0 radical (unpaired) electrons. The topological polar surface area (TPSA) is 252 Å². The number of ether oxygens (including phenoxy) is 6. The molecule has 16 heteroatoms. The average Bonchev–Trinajstić information content (AvgIpc) is 2.88. The number of hydrogen-bond acceptors (Lipinski definition) is 15. The van der Waals surface area contributed by atoms with E-state index in [1.54, 1.807) is 0 Å². The SMILES string of the molecule is C[C@@H]1O[C@@H](O[C@@H]2[C@@H](O)[C@H](C)O[C@@H](OCCN)[C@@H]2O)[C@H](O)[C@H](O[C@@H]2O[C@H](C)[C@@H](NC(=O)CC(C)(C)O)[C@H](O)[C@H]2O)[C@H]1O. The van der Waals surface area contributed by atoms with Crippen LogP contribution in [0.4, 0.5) is 0 Å². The van der Waals surface area contributed by atoms with Gasteiger partial charge in [-0.15, -0.1) is 0 Å². The van der Waals surface area contributed by atoms with Crippen LogP contribution in [0, 0.1) is 0 Å². The molecule has 0 spiro atoms. The molecule has 3 saturated heterocycles. The molecule has 3 rings (SSSR count). The van der Waals surface area contributed by atoms with Gasteiger partial charge in [0.1, 0.15) is 48.8 Å². The Kier molecular flexibility index (Phi) is 11.9. The molecule has 0 aromatic heterocycles. The van der Waals surface area contributed by atoms with Crippen molar-refractivity contribution in [3.05, 3.63) is 0 Å². The number of rotatable bonds is 10. The molecule has 0 aromatic carbocycles. The lowest BCUT2D eigenvalue weighted by molar-refractivity contribution is -0.372. The van der Waals surface area contributed by atoms with E-state index in [1.165, 1.54) is 34.6 Å². The molecule has 0 aromatic rings. The van der Waals surface area contributed by atoms with Crippen LogP contribution in [0.1, 0.15) is 41.0 Å². The third-order valence-electron chi connectivity index (χ3n) is 7.32. The van der Waals surface area contributed by atoms with Crippen molar-refractivity contribution in [2.45, 2.75) is 139 Å². The fraction of sp³-hybridized carbons (Fsp3) is 0.960. The van der Waals surface area contributed by atoms with Gasteiger partial charge in [-0.2, -0.15) is 0 Å². The zero-order valence-electron chi connectivity index (χ0n) is 23.8. The van der Waals surface area contributed by atoms with Crippen molar-refractivity contribution >= 4 is 5.91 Å². The fourth-order valence-corrected chi connectivity index (χ4v) is 5.03. The third kappa shape index (κ3) is 8.30. The van der Waals surface area contributed by atoms with Gasteiger partial charge in [-0.25, -0.2) is 0 Å². The van der Waals surface area contributed by atoms with Crippen molar-refractivity contribution < 1.29 is 69.0 Å². The Morgan fingerprint density at radius 3 is 1.73 bits per heavy atom. The average molecular weight is 599 g/mol. The molecule has 41 heavy (non-hydrogen) atoms. The van der Waals surface area contributed by atoms with Gasteiger partial charge in [-0.05, 0) is 34.6 Å². The number of aliphatic hydroxyl groups excluding tert-OH is 6. The molecule has 0 saturated carbocycles. The van der Waals surface area contributed by atoms with Crippen molar-refractivity contribution in [1.82, 2.24) is 5.32 Å². The van der Waals surface area contributed by atoms with Crippen molar-refractivity contribution in [1.29, 1.82) is 0 Å². The molecule has 0 unspecified atom stereocenters. The molecule has 0 aliphatic carbocycles. The van der Waals surface area contributed by atoms with Crippen molar-refractivity contribution in [3.63, 3.8) is 0 Å². The zero-order valence-corrected chi connectivity index (χ0v) is 23.8. The molecule has 1 amide bonds. The highest BCUT2D eigenvalue weighted by Crippen LogP contribution is 2.32. The van der Waals surface area contributed by atoms with E-state index in [2.05, 4.69) is 5.32 Å². The summed E-state index contributed by atoms with van der Waals surface area (Å²) in [6.45, 7) is 7.65. The van der Waals surface area contributed by atoms with E-state index in [-0.39, 0.29) is 19.6 Å². The zero-order chi connectivity index (χ0) is 30.8. The molecular weight excluding hydrogens is 552 g/mol. The number of nitrogens with two attached hydrogens (primary N) is 1. The summed E-state index contributed by atoms with van der Waals surface area (Å²) >= 11 is 0. The Morgan fingerprint density at radius 2 is 1.22 bits per heavy atom. The van der Waals surface area contributed by atoms with Gasteiger partial charge in [0.05, 0.1) is 43.0 Å². The highest BCUT2D eigenvalue weighted by atomic mass is 16.7. The summed E-state index contributed by atoms with van der Waals surface area (Å²) in [4.78, 5) is 12.3. The van der Waals surface area contributed by atoms with Gasteiger partial charge in [0.2, 0.25) is 5.91 Å². The molecular formula is C25H46N2O14. The van der Waals surface area contributed by atoms with Gasteiger partial charge >= 0.3 is 0 Å². The molecule has 3 aliphatic heterocycles. The van der Waals surface area contributed by atoms with Gasteiger partial charge in [-0.1, -0.05) is 0 Å². The van der Waals surface area contributed by atoms with E-state index < -0.39 is 104 Å². The van der Waals surface area contributed by atoms with Crippen LogP contribution < -0.4 is 11.1 Å². The second-order valence-corrected chi connectivity index (χ2v) is 11.5. The number of carbonyl (C=O) groups is 1. The van der Waals surface area contributed by atoms with Crippen molar-refractivity contribution in [2.24, 2.45) is 5.73 Å². The summed E-state index contributed by atoms with van der Waals surface area (Å²) in [6.07, 6.45) is -19.3. The Bertz CT molecular complexity index is 848. The number of nitrogens with one attached hydrogen (secondary N) is 1. The number of carbonyl (C=O) groups excluding carboxylic acids is 1. The largest absolute Gasteiger partial charge is 0.390 e. The summed E-state index contributed by atoms with van der Waals surface area (Å²) in [5.74, 6) is -0.574. The normalized spacial score (nSPS) is 45.8. The minimum Gasteiger partial charge on any atom is -0.390 e. The van der Waals surface area contributed by atoms with Crippen LogP contribution in [0.25, 0.3) is 0 Å². The summed E-state index contributed by atoms with van der Waals surface area (Å²) in [5.41, 5.74) is 4.15. The number of amides is 1. The quantitative estimate of drug-likeness (QED) is 0.116. The van der Waals surface area contributed by atoms with Crippen LogP contribution >= 0.6 is 0 Å². The molecule has 16 nitrogen and oxygen atoms in total. The molecule has 3 heterocycles. The molecule has 3 aliphatic rings. The van der Waals surface area contributed by atoms with E-state index in [0.29, 0.717) is 0 Å². The third-order valence-corrected chi connectivity index (χ3v) is 7.32. The summed E-state index contributed by atoms with van der Waals surface area (Å²) < 4.78 is 33.7. The maximum atomic E-state index is 12.3. The monoisotopic (exact) mass is 598 g/mol. The Morgan fingerprint density at radius 1 is 0.756 bits per heavy atom. The first-order valence-corrected chi connectivity index (χ1v) is 13.7. The van der Waals surface area contributed by atoms with Gasteiger partial charge in [0.15, 0.2) is 18.9 Å². The lowest BCUT2D eigenvalue weighted by Gasteiger charge is -2.48. The van der Waals surface area contributed by atoms with Crippen LogP contribution in [0.5, 0.6) is 0 Å². The maximum absolute atomic E-state index is 12.3. The van der Waals surface area contributed by atoms with E-state index in [4.69, 9.17) is 34.2 Å². The van der Waals surface area contributed by atoms with E-state index in [9.17, 15) is 40.5 Å². The Hall–Kier alpha value is -1.09. The molecule has 3 fully saturated rings. The first-order valence-electron chi connectivity index (χ1n) is 13.7. The number of aliphatic hydroxyl groups is 7. The fourth-order valence-electron chi connectivity index (χ4n) is 5.03. The Balaban J connectivity index is 1.69. The van der Waals surface area contributed by atoms with E-state index >= 15 is 0 Å². The van der Waals surface area contributed by atoms with Crippen LogP contribution in [0.15, 0.2) is 0 Å². The molecule has 10 N–H and O–H groups in total. The first-order chi connectivity index (χ1) is 19.0. The standard InChI is InChI=1S/C25H46N2O14/c1-9-13(27-12(28)8-25(4,5)35)16(31)17(32)23(37-9)40-21-15(30)11(3)39-24(19(21)34)41-20-14(29)10(2)38-22(18(20)33)36-7-6-26/h9-11,13-24,29-35H,6-8,26H2,1-5H3,(H,27,28)/t9-,10+,11+,13-,14+,15+,16+,17-,18-,19-,20-,21-,22-,23+,24+/m1/s1. The number of hydrogen-bond donors (Lipinski definition) is 9. The summed E-state index contributed by atoms with van der Waals surface area (Å²) in [7, 11) is 0. The van der Waals surface area contributed by atoms with Gasteiger partial charge in [0.25, 0.3) is 0 Å². The highest BCUT2D eigenvalue weighted by molar-refractivity contribution is 5.77. The van der Waals surface area contributed by atoms with Crippen molar-refractivity contribution in [2.75, 3.05) is 13.2 Å². The van der Waals surface area contributed by atoms with Crippen molar-refractivity contribution in [3.8, 4) is 0 Å². The highest BCUT2D eigenvalue weighted by Gasteiger charge is 2.52. The van der Waals surface area contributed by atoms with Gasteiger partial charge < -0.3 is 75.2 Å². The van der Waals surface area contributed by atoms with Crippen LogP contribution in [-0.4, -0.2) is 152 Å². The second kappa shape index (κ2) is 14.1. The van der Waals surface area contributed by atoms with Gasteiger partial charge in [0, 0.05) is 6.54 Å². The molecule has 240 valence electrons.